The highest BCUT2D eigenvalue weighted by molar-refractivity contribution is 5.78. The van der Waals surface area contributed by atoms with Crippen molar-refractivity contribution in [3.05, 3.63) is 18.5 Å². The largest absolute Gasteiger partial charge is 0.381 e. The Morgan fingerprint density at radius 1 is 1.44 bits per heavy atom. The first kappa shape index (κ1) is 13.0. The number of aromatic nitrogens is 2. The predicted molar refractivity (Wildman–Crippen MR) is 67.1 cm³/mol. The van der Waals surface area contributed by atoms with Crippen LogP contribution in [0.2, 0.25) is 0 Å². The summed E-state index contributed by atoms with van der Waals surface area (Å²) in [6, 6.07) is 2.16. The van der Waals surface area contributed by atoms with E-state index >= 15 is 0 Å². The molecule has 0 spiro atoms. The van der Waals surface area contributed by atoms with Crippen molar-refractivity contribution in [2.75, 3.05) is 26.3 Å². The van der Waals surface area contributed by atoms with Crippen LogP contribution in [0.3, 0.4) is 0 Å². The third kappa shape index (κ3) is 4.46. The lowest BCUT2D eigenvalue weighted by atomic mass is 10.1. The average molecular weight is 252 g/mol. The predicted octanol–water partition coefficient (Wildman–Crippen LogP) is -0.232. The fourth-order valence-corrected chi connectivity index (χ4v) is 1.95. The number of hydrogen-bond donors (Lipinski definition) is 2. The first-order valence-corrected chi connectivity index (χ1v) is 6.40. The molecule has 100 valence electrons. The van der Waals surface area contributed by atoms with Gasteiger partial charge in [0.2, 0.25) is 5.91 Å². The van der Waals surface area contributed by atoms with Crippen molar-refractivity contribution in [3.8, 4) is 0 Å². The third-order valence-corrected chi connectivity index (χ3v) is 2.95. The van der Waals surface area contributed by atoms with Gasteiger partial charge in [-0.05, 0) is 18.9 Å². The molecule has 1 aromatic rings. The Bertz CT molecular complexity index is 347. The Kier molecular flexibility index (Phi) is 5.16. The molecule has 2 heterocycles. The Hall–Kier alpha value is -1.40. The van der Waals surface area contributed by atoms with E-state index in [-0.39, 0.29) is 11.9 Å². The lowest BCUT2D eigenvalue weighted by Gasteiger charge is -2.23. The smallest absolute Gasteiger partial charge is 0.234 e. The van der Waals surface area contributed by atoms with Crippen molar-refractivity contribution in [2.45, 2.75) is 25.4 Å². The Balaban J connectivity index is 1.54. The molecule has 1 saturated heterocycles. The molecule has 0 aliphatic carbocycles. The van der Waals surface area contributed by atoms with E-state index in [0.717, 1.165) is 39.1 Å². The van der Waals surface area contributed by atoms with Gasteiger partial charge >= 0.3 is 0 Å². The van der Waals surface area contributed by atoms with Gasteiger partial charge in [-0.15, -0.1) is 0 Å². The molecule has 0 bridgehead atoms. The highest BCUT2D eigenvalue weighted by Gasteiger charge is 2.15. The molecule has 6 heteroatoms. The van der Waals surface area contributed by atoms with Crippen LogP contribution in [0.4, 0.5) is 0 Å². The summed E-state index contributed by atoms with van der Waals surface area (Å²) >= 11 is 0. The number of hydrogen-bond acceptors (Lipinski definition) is 4. The van der Waals surface area contributed by atoms with Gasteiger partial charge in [0, 0.05) is 38.2 Å². The quantitative estimate of drug-likeness (QED) is 0.686. The van der Waals surface area contributed by atoms with E-state index in [1.54, 1.807) is 6.20 Å². The van der Waals surface area contributed by atoms with E-state index in [9.17, 15) is 4.79 Å². The molecule has 2 rings (SSSR count). The summed E-state index contributed by atoms with van der Waals surface area (Å²) in [7, 11) is 0. The van der Waals surface area contributed by atoms with E-state index in [1.165, 1.54) is 0 Å². The maximum absolute atomic E-state index is 11.6. The van der Waals surface area contributed by atoms with E-state index in [2.05, 4.69) is 15.7 Å². The van der Waals surface area contributed by atoms with Crippen LogP contribution in [0.5, 0.6) is 0 Å². The number of nitrogens with one attached hydrogen (secondary N) is 2. The number of carbonyl (C=O) groups is 1. The van der Waals surface area contributed by atoms with Crippen molar-refractivity contribution in [1.29, 1.82) is 0 Å². The van der Waals surface area contributed by atoms with Crippen LogP contribution in [0, 0.1) is 0 Å². The summed E-state index contributed by atoms with van der Waals surface area (Å²) in [4.78, 5) is 11.6. The molecule has 0 saturated carbocycles. The number of amides is 1. The van der Waals surface area contributed by atoms with Gasteiger partial charge in [0.15, 0.2) is 0 Å². The Labute approximate surface area is 107 Å². The number of ether oxygens (including phenoxy) is 1. The molecule has 2 N–H and O–H groups in total. The van der Waals surface area contributed by atoms with Crippen molar-refractivity contribution in [2.24, 2.45) is 0 Å². The molecule has 18 heavy (non-hydrogen) atoms. The summed E-state index contributed by atoms with van der Waals surface area (Å²) in [5, 5.41) is 10.2. The van der Waals surface area contributed by atoms with Gasteiger partial charge in [-0.25, -0.2) is 0 Å². The molecule has 0 aromatic carbocycles. The molecule has 0 radical (unpaired) electrons. The van der Waals surface area contributed by atoms with E-state index in [4.69, 9.17) is 4.74 Å². The molecule has 1 aromatic heterocycles. The molecule has 1 aliphatic heterocycles. The standard InChI is InChI=1S/C12H20N4O2/c17-12(15-11-2-8-18-9-3-11)10-13-5-7-16-6-1-4-14-16/h1,4,6,11,13H,2-3,5,7-10H2,(H,15,17). The number of rotatable bonds is 6. The average Bonchev–Trinajstić information content (AvgIpc) is 2.89. The fourth-order valence-electron chi connectivity index (χ4n) is 1.95. The van der Waals surface area contributed by atoms with Crippen molar-refractivity contribution < 1.29 is 9.53 Å². The Morgan fingerprint density at radius 3 is 3.00 bits per heavy atom. The first-order chi connectivity index (χ1) is 8.84. The summed E-state index contributed by atoms with van der Waals surface area (Å²) in [5.41, 5.74) is 0. The lowest BCUT2D eigenvalue weighted by molar-refractivity contribution is -0.121. The minimum Gasteiger partial charge on any atom is -0.381 e. The minimum atomic E-state index is 0.0577. The van der Waals surface area contributed by atoms with Gasteiger partial charge in [-0.1, -0.05) is 0 Å². The lowest BCUT2D eigenvalue weighted by Crippen LogP contribution is -2.43. The minimum absolute atomic E-state index is 0.0577. The maximum atomic E-state index is 11.6. The second kappa shape index (κ2) is 7.13. The topological polar surface area (TPSA) is 68.2 Å². The number of nitrogens with zero attached hydrogens (tertiary/aromatic N) is 2. The van der Waals surface area contributed by atoms with Crippen LogP contribution >= 0.6 is 0 Å². The molecular formula is C12H20N4O2. The highest BCUT2D eigenvalue weighted by Crippen LogP contribution is 2.05. The molecule has 1 fully saturated rings. The Morgan fingerprint density at radius 2 is 2.28 bits per heavy atom. The monoisotopic (exact) mass is 252 g/mol. The van der Waals surface area contributed by atoms with Crippen LogP contribution in [0.15, 0.2) is 18.5 Å². The zero-order valence-electron chi connectivity index (χ0n) is 10.5. The number of carbonyl (C=O) groups excluding carboxylic acids is 1. The first-order valence-electron chi connectivity index (χ1n) is 6.40. The van der Waals surface area contributed by atoms with E-state index in [1.807, 2.05) is 16.9 Å². The summed E-state index contributed by atoms with van der Waals surface area (Å²) < 4.78 is 7.08. The normalized spacial score (nSPS) is 16.7. The van der Waals surface area contributed by atoms with Crippen LogP contribution in [-0.2, 0) is 16.1 Å². The van der Waals surface area contributed by atoms with Crippen LogP contribution < -0.4 is 10.6 Å². The second-order valence-electron chi connectivity index (χ2n) is 4.40. The van der Waals surface area contributed by atoms with Crippen LogP contribution in [-0.4, -0.2) is 48.0 Å². The van der Waals surface area contributed by atoms with Gasteiger partial charge in [-0.2, -0.15) is 5.10 Å². The zero-order chi connectivity index (χ0) is 12.6. The summed E-state index contributed by atoms with van der Waals surface area (Å²) in [6.45, 7) is 3.37. The molecule has 0 atom stereocenters. The SMILES string of the molecule is O=C(CNCCn1cccn1)NC1CCOCC1. The second-order valence-corrected chi connectivity index (χ2v) is 4.40. The van der Waals surface area contributed by atoms with Crippen molar-refractivity contribution in [1.82, 2.24) is 20.4 Å². The molecule has 6 nitrogen and oxygen atoms in total. The highest BCUT2D eigenvalue weighted by atomic mass is 16.5. The molecule has 0 unspecified atom stereocenters. The third-order valence-electron chi connectivity index (χ3n) is 2.95. The van der Waals surface area contributed by atoms with Gasteiger partial charge in [0.25, 0.3) is 0 Å². The van der Waals surface area contributed by atoms with Crippen LogP contribution in [0.1, 0.15) is 12.8 Å². The van der Waals surface area contributed by atoms with Gasteiger partial charge < -0.3 is 15.4 Å². The summed E-state index contributed by atoms with van der Waals surface area (Å²) in [6.07, 6.45) is 5.49. The molecule has 1 amide bonds. The van der Waals surface area contributed by atoms with Gasteiger partial charge in [0.1, 0.15) is 0 Å². The van der Waals surface area contributed by atoms with E-state index < -0.39 is 0 Å². The molecular weight excluding hydrogens is 232 g/mol. The summed E-state index contributed by atoms with van der Waals surface area (Å²) in [5.74, 6) is 0.0577. The van der Waals surface area contributed by atoms with Crippen molar-refractivity contribution in [3.63, 3.8) is 0 Å². The van der Waals surface area contributed by atoms with Gasteiger partial charge in [0.05, 0.1) is 13.1 Å². The maximum Gasteiger partial charge on any atom is 0.234 e. The van der Waals surface area contributed by atoms with E-state index in [0.29, 0.717) is 6.54 Å². The fraction of sp³-hybridized carbons (Fsp3) is 0.667. The van der Waals surface area contributed by atoms with Gasteiger partial charge in [-0.3, -0.25) is 9.48 Å². The van der Waals surface area contributed by atoms with Crippen molar-refractivity contribution >= 4 is 5.91 Å². The molecule has 1 aliphatic rings. The zero-order valence-corrected chi connectivity index (χ0v) is 10.5. The van der Waals surface area contributed by atoms with Crippen LogP contribution in [0.25, 0.3) is 0 Å².